The van der Waals surface area contributed by atoms with Crippen LogP contribution < -0.4 is 20.7 Å². The Hall–Kier alpha value is -3.85. The topological polar surface area (TPSA) is 119 Å². The molecule has 1 saturated heterocycles. The van der Waals surface area contributed by atoms with Gasteiger partial charge in [-0.05, 0) is 56.1 Å². The van der Waals surface area contributed by atoms with Gasteiger partial charge in [0.05, 0.1) is 28.8 Å². The predicted octanol–water partition coefficient (Wildman–Crippen LogP) is 3.54. The third kappa shape index (κ3) is 4.47. The van der Waals surface area contributed by atoms with Crippen LogP contribution in [0.25, 0.3) is 27.8 Å². The van der Waals surface area contributed by atoms with Gasteiger partial charge in [0.1, 0.15) is 17.9 Å². The number of ether oxygens (including phenoxy) is 1. The monoisotopic (exact) mass is 460 g/mol. The van der Waals surface area contributed by atoms with Crippen molar-refractivity contribution in [3.8, 4) is 11.6 Å². The number of nitrogens with one attached hydrogen (secondary N) is 1. The van der Waals surface area contributed by atoms with Gasteiger partial charge < -0.3 is 25.8 Å². The fourth-order valence-electron chi connectivity index (χ4n) is 4.49. The number of para-hydroxylation sites is 1. The number of carboxylic acid groups (broad SMARTS) is 1. The average Bonchev–Trinajstić information content (AvgIpc) is 3.27. The Morgan fingerprint density at radius 3 is 2.82 bits per heavy atom. The first kappa shape index (κ1) is 22.0. The lowest BCUT2D eigenvalue weighted by atomic mass is 10.0. The number of amides is 1. The van der Waals surface area contributed by atoms with Crippen molar-refractivity contribution in [2.24, 2.45) is 5.73 Å². The zero-order chi connectivity index (χ0) is 23.5. The van der Waals surface area contributed by atoms with Gasteiger partial charge in [-0.1, -0.05) is 12.1 Å². The lowest BCUT2D eigenvalue weighted by Crippen LogP contribution is -2.44. The lowest BCUT2D eigenvalue weighted by Gasteiger charge is -2.33. The summed E-state index contributed by atoms with van der Waals surface area (Å²) < 4.78 is 7.74. The highest BCUT2D eigenvalue weighted by Gasteiger charge is 2.22. The van der Waals surface area contributed by atoms with Crippen molar-refractivity contribution in [2.45, 2.75) is 25.3 Å². The van der Waals surface area contributed by atoms with E-state index in [4.69, 9.17) is 20.6 Å². The molecule has 0 radical (unpaired) electrons. The highest BCUT2D eigenvalue weighted by Crippen LogP contribution is 2.30. The van der Waals surface area contributed by atoms with E-state index >= 15 is 0 Å². The van der Waals surface area contributed by atoms with Gasteiger partial charge >= 0.3 is 6.09 Å². The molecule has 1 amide bonds. The Balaban J connectivity index is 1.43. The number of hydrogen-bond donors (Lipinski definition) is 3. The molecule has 0 atom stereocenters. The van der Waals surface area contributed by atoms with E-state index in [0.29, 0.717) is 13.2 Å². The molecule has 0 unspecified atom stereocenters. The summed E-state index contributed by atoms with van der Waals surface area (Å²) in [6.45, 7) is 2.73. The zero-order valence-electron chi connectivity index (χ0n) is 18.9. The van der Waals surface area contributed by atoms with Gasteiger partial charge in [0.2, 0.25) is 0 Å². The molecule has 2 aromatic heterocycles. The van der Waals surface area contributed by atoms with Crippen LogP contribution in [-0.4, -0.2) is 58.0 Å². The minimum Gasteiger partial charge on any atom is -0.493 e. The first-order valence-corrected chi connectivity index (χ1v) is 11.6. The van der Waals surface area contributed by atoms with Crippen molar-refractivity contribution in [3.63, 3.8) is 0 Å². The van der Waals surface area contributed by atoms with Crippen molar-refractivity contribution >= 4 is 33.7 Å². The SMILES string of the molecule is NCCCOc1ccc2c(c1)ncn2-c1ccc2cccc(N3CCC(NC(=O)O)CC3)c2n1. The van der Waals surface area contributed by atoms with Gasteiger partial charge in [0, 0.05) is 30.6 Å². The summed E-state index contributed by atoms with van der Waals surface area (Å²) in [7, 11) is 0. The van der Waals surface area contributed by atoms with Crippen LogP contribution in [0.4, 0.5) is 10.5 Å². The van der Waals surface area contributed by atoms with Crippen LogP contribution in [-0.2, 0) is 0 Å². The molecule has 3 heterocycles. The summed E-state index contributed by atoms with van der Waals surface area (Å²) in [6.07, 6.45) is 3.17. The first-order chi connectivity index (χ1) is 16.6. The number of nitrogens with two attached hydrogens (primary N) is 1. The van der Waals surface area contributed by atoms with E-state index in [1.807, 2.05) is 34.9 Å². The van der Waals surface area contributed by atoms with Gasteiger partial charge in [-0.2, -0.15) is 0 Å². The molecule has 0 bridgehead atoms. The van der Waals surface area contributed by atoms with Gasteiger partial charge in [0.15, 0.2) is 0 Å². The maximum Gasteiger partial charge on any atom is 0.404 e. The molecular weight excluding hydrogens is 432 g/mol. The molecule has 4 aromatic rings. The fourth-order valence-corrected chi connectivity index (χ4v) is 4.49. The standard InChI is InChI=1S/C25H28N6O3/c26-11-2-14-34-19-6-7-21-20(15-19)27-16-31(21)23-8-5-17-3-1-4-22(24(17)29-23)30-12-9-18(10-13-30)28-25(32)33/h1,3-8,15-16,18,28H,2,9-14,26H2,(H,32,33). The highest BCUT2D eigenvalue weighted by atomic mass is 16.5. The van der Waals surface area contributed by atoms with E-state index in [0.717, 1.165) is 71.5 Å². The van der Waals surface area contributed by atoms with E-state index in [1.165, 1.54) is 0 Å². The molecule has 9 nitrogen and oxygen atoms in total. The normalized spacial score (nSPS) is 14.6. The second kappa shape index (κ2) is 9.56. The smallest absolute Gasteiger partial charge is 0.404 e. The van der Waals surface area contributed by atoms with Crippen LogP contribution >= 0.6 is 0 Å². The van der Waals surface area contributed by atoms with E-state index in [1.54, 1.807) is 6.33 Å². The summed E-state index contributed by atoms with van der Waals surface area (Å²) in [5, 5.41) is 12.7. The largest absolute Gasteiger partial charge is 0.493 e. The maximum atomic E-state index is 11.0. The van der Waals surface area contributed by atoms with E-state index in [9.17, 15) is 4.79 Å². The second-order valence-corrected chi connectivity index (χ2v) is 8.48. The Kier molecular flexibility index (Phi) is 6.18. The van der Waals surface area contributed by atoms with Crippen LogP contribution in [0.2, 0.25) is 0 Å². The van der Waals surface area contributed by atoms with Crippen LogP contribution in [0.1, 0.15) is 19.3 Å². The highest BCUT2D eigenvalue weighted by molar-refractivity contribution is 5.92. The van der Waals surface area contributed by atoms with E-state index in [-0.39, 0.29) is 6.04 Å². The molecule has 0 spiro atoms. The maximum absolute atomic E-state index is 11.0. The summed E-state index contributed by atoms with van der Waals surface area (Å²) >= 11 is 0. The molecule has 0 saturated carbocycles. The van der Waals surface area contributed by atoms with Crippen LogP contribution in [0.5, 0.6) is 5.75 Å². The minimum atomic E-state index is -0.961. The van der Waals surface area contributed by atoms with Crippen molar-refractivity contribution in [1.82, 2.24) is 19.9 Å². The number of fused-ring (bicyclic) bond motifs is 2. The Labute approximate surface area is 197 Å². The summed E-state index contributed by atoms with van der Waals surface area (Å²) in [4.78, 5) is 22.8. The third-order valence-electron chi connectivity index (χ3n) is 6.23. The van der Waals surface area contributed by atoms with Crippen molar-refractivity contribution in [1.29, 1.82) is 0 Å². The first-order valence-electron chi connectivity index (χ1n) is 11.6. The molecular formula is C25H28N6O3. The summed E-state index contributed by atoms with van der Waals surface area (Å²) in [6, 6.07) is 16.1. The number of pyridine rings is 1. The minimum absolute atomic E-state index is 0.00580. The Bertz CT molecular complexity index is 1310. The Morgan fingerprint density at radius 1 is 1.18 bits per heavy atom. The third-order valence-corrected chi connectivity index (χ3v) is 6.23. The number of imidazole rings is 1. The number of nitrogens with zero attached hydrogens (tertiary/aromatic N) is 4. The lowest BCUT2D eigenvalue weighted by molar-refractivity contribution is 0.187. The molecule has 4 N–H and O–H groups in total. The molecule has 5 rings (SSSR count). The average molecular weight is 461 g/mol. The molecule has 1 aliphatic heterocycles. The molecule has 1 aliphatic rings. The number of benzene rings is 2. The summed E-state index contributed by atoms with van der Waals surface area (Å²) in [5.74, 6) is 1.57. The van der Waals surface area contributed by atoms with E-state index in [2.05, 4.69) is 33.4 Å². The molecule has 1 fully saturated rings. The predicted molar refractivity (Wildman–Crippen MR) is 132 cm³/mol. The van der Waals surface area contributed by atoms with Gasteiger partial charge in [-0.15, -0.1) is 0 Å². The number of hydrogen-bond acceptors (Lipinski definition) is 6. The number of carbonyl (C=O) groups is 1. The van der Waals surface area contributed by atoms with Gasteiger partial charge in [0.25, 0.3) is 0 Å². The number of rotatable bonds is 7. The van der Waals surface area contributed by atoms with Gasteiger partial charge in [-0.3, -0.25) is 4.57 Å². The number of anilines is 1. The van der Waals surface area contributed by atoms with Crippen molar-refractivity contribution < 1.29 is 14.6 Å². The number of aromatic nitrogens is 3. The molecule has 176 valence electrons. The zero-order valence-corrected chi connectivity index (χ0v) is 18.9. The number of piperidine rings is 1. The molecule has 9 heteroatoms. The summed E-state index contributed by atoms with van der Waals surface area (Å²) in [5.41, 5.74) is 9.33. The van der Waals surface area contributed by atoms with E-state index < -0.39 is 6.09 Å². The quantitative estimate of drug-likeness (QED) is 0.361. The van der Waals surface area contributed by atoms with Crippen molar-refractivity contribution in [2.75, 3.05) is 31.1 Å². The second-order valence-electron chi connectivity index (χ2n) is 8.48. The van der Waals surface area contributed by atoms with Crippen LogP contribution in [0, 0.1) is 0 Å². The van der Waals surface area contributed by atoms with Crippen LogP contribution in [0.3, 0.4) is 0 Å². The molecule has 0 aliphatic carbocycles. The van der Waals surface area contributed by atoms with Crippen LogP contribution in [0.15, 0.2) is 54.9 Å². The van der Waals surface area contributed by atoms with Gasteiger partial charge in [-0.25, -0.2) is 14.8 Å². The molecule has 2 aromatic carbocycles. The Morgan fingerprint density at radius 2 is 2.03 bits per heavy atom. The van der Waals surface area contributed by atoms with Crippen molar-refractivity contribution in [3.05, 3.63) is 54.9 Å². The fraction of sp³-hybridized carbons (Fsp3) is 0.320. The molecule has 34 heavy (non-hydrogen) atoms.